The molecule has 1 fully saturated rings. The van der Waals surface area contributed by atoms with Crippen LogP contribution in [0.15, 0.2) is 54.7 Å². The minimum atomic E-state index is 0.0191. The molecule has 4 rings (SSSR count). The number of carbonyl (C=O) groups is 1. The van der Waals surface area contributed by atoms with Crippen LogP contribution >= 0.6 is 0 Å². The molecule has 0 bridgehead atoms. The zero-order valence-electron chi connectivity index (χ0n) is 15.6. The van der Waals surface area contributed by atoms with Gasteiger partial charge < -0.3 is 9.64 Å². The number of nitrogens with zero attached hydrogens (tertiary/aromatic N) is 2. The van der Waals surface area contributed by atoms with Gasteiger partial charge in [0.15, 0.2) is 0 Å². The summed E-state index contributed by atoms with van der Waals surface area (Å²) in [5, 5.41) is 7.16. The number of likely N-dealkylation sites (tertiary alicyclic amines) is 1. The van der Waals surface area contributed by atoms with E-state index in [0.717, 1.165) is 47.5 Å². The Hall–Kier alpha value is -3.08. The minimum absolute atomic E-state index is 0.0191. The summed E-state index contributed by atoms with van der Waals surface area (Å²) in [6.07, 6.45) is 3.59. The van der Waals surface area contributed by atoms with Crippen molar-refractivity contribution >= 4 is 5.91 Å². The fourth-order valence-electron chi connectivity index (χ4n) is 3.83. The lowest BCUT2D eigenvalue weighted by Crippen LogP contribution is -2.30. The molecule has 3 aromatic rings. The summed E-state index contributed by atoms with van der Waals surface area (Å²) in [7, 11) is 1.66. The van der Waals surface area contributed by atoms with Gasteiger partial charge in [0.2, 0.25) is 0 Å². The smallest absolute Gasteiger partial charge is 0.258 e. The Morgan fingerprint density at radius 1 is 1.22 bits per heavy atom. The molecular weight excluding hydrogens is 338 g/mol. The van der Waals surface area contributed by atoms with Gasteiger partial charge in [0.25, 0.3) is 5.91 Å². The van der Waals surface area contributed by atoms with Crippen LogP contribution in [0.4, 0.5) is 0 Å². The maximum Gasteiger partial charge on any atom is 0.258 e. The molecule has 2 heterocycles. The second kappa shape index (κ2) is 7.27. The number of rotatable bonds is 4. The molecule has 1 amide bonds. The van der Waals surface area contributed by atoms with Crippen molar-refractivity contribution in [3.63, 3.8) is 0 Å². The van der Waals surface area contributed by atoms with Gasteiger partial charge in [-0.25, -0.2) is 0 Å². The van der Waals surface area contributed by atoms with Gasteiger partial charge in [-0.2, -0.15) is 5.10 Å². The van der Waals surface area contributed by atoms with Crippen molar-refractivity contribution in [1.29, 1.82) is 0 Å². The number of nitrogens with one attached hydrogen (secondary N) is 1. The fourth-order valence-corrected chi connectivity index (χ4v) is 3.83. The quantitative estimate of drug-likeness (QED) is 0.751. The molecule has 27 heavy (non-hydrogen) atoms. The molecule has 1 saturated heterocycles. The largest absolute Gasteiger partial charge is 0.497 e. The van der Waals surface area contributed by atoms with Gasteiger partial charge in [0.1, 0.15) is 5.75 Å². The monoisotopic (exact) mass is 361 g/mol. The van der Waals surface area contributed by atoms with E-state index in [4.69, 9.17) is 4.74 Å². The normalized spacial score (nSPS) is 16.5. The molecule has 5 heteroatoms. The van der Waals surface area contributed by atoms with Gasteiger partial charge in [-0.3, -0.25) is 9.89 Å². The van der Waals surface area contributed by atoms with Crippen LogP contribution in [-0.2, 0) is 0 Å². The number of methoxy groups -OCH3 is 1. The van der Waals surface area contributed by atoms with Crippen LogP contribution < -0.4 is 4.74 Å². The Labute approximate surface area is 159 Å². The summed E-state index contributed by atoms with van der Waals surface area (Å²) in [6, 6.07) is 16.2. The summed E-state index contributed by atoms with van der Waals surface area (Å²) < 4.78 is 5.35. The molecule has 0 spiro atoms. The lowest BCUT2D eigenvalue weighted by atomic mass is 10.0. The van der Waals surface area contributed by atoms with Crippen LogP contribution in [0, 0.1) is 6.92 Å². The standard InChI is InChI=1S/C22H23N3O2/c1-15-6-3-8-17(12-15)21-19(14-23-24-21)22(26)25-11-5-10-20(25)16-7-4-9-18(13-16)27-2/h3-4,6-9,12-14,20H,5,10-11H2,1-2H3,(H,23,24)/t20-/m1/s1. The van der Waals surface area contributed by atoms with E-state index in [2.05, 4.69) is 22.3 Å². The summed E-state index contributed by atoms with van der Waals surface area (Å²) in [5.74, 6) is 0.834. The SMILES string of the molecule is COc1cccc([C@H]2CCCN2C(=O)c2cn[nH]c2-c2cccc(C)c2)c1. The Morgan fingerprint density at radius 3 is 2.89 bits per heavy atom. The van der Waals surface area contributed by atoms with Gasteiger partial charge in [-0.05, 0) is 43.5 Å². The molecule has 138 valence electrons. The van der Waals surface area contributed by atoms with Gasteiger partial charge in [0.05, 0.1) is 30.6 Å². The van der Waals surface area contributed by atoms with E-state index >= 15 is 0 Å². The molecule has 0 radical (unpaired) electrons. The number of benzene rings is 2. The molecule has 1 aliphatic rings. The number of aromatic amines is 1. The van der Waals surface area contributed by atoms with Crippen LogP contribution in [0.2, 0.25) is 0 Å². The third-order valence-corrected chi connectivity index (χ3v) is 5.17. The number of ether oxygens (including phenoxy) is 1. The first-order valence-corrected chi connectivity index (χ1v) is 9.22. The van der Waals surface area contributed by atoms with E-state index in [-0.39, 0.29) is 11.9 Å². The number of hydrogen-bond acceptors (Lipinski definition) is 3. The summed E-state index contributed by atoms with van der Waals surface area (Å²) >= 11 is 0. The molecule has 1 aromatic heterocycles. The van der Waals surface area contributed by atoms with Crippen molar-refractivity contribution < 1.29 is 9.53 Å². The number of carbonyl (C=O) groups excluding carboxylic acids is 1. The summed E-state index contributed by atoms with van der Waals surface area (Å²) in [6.45, 7) is 2.79. The van der Waals surface area contributed by atoms with Crippen molar-refractivity contribution in [1.82, 2.24) is 15.1 Å². The van der Waals surface area contributed by atoms with Crippen LogP contribution in [-0.4, -0.2) is 34.7 Å². The number of aromatic nitrogens is 2. The summed E-state index contributed by atoms with van der Waals surface area (Å²) in [5.41, 5.74) is 4.64. The van der Waals surface area contributed by atoms with Crippen LogP contribution in [0.5, 0.6) is 5.75 Å². The molecule has 1 aliphatic heterocycles. The van der Waals surface area contributed by atoms with Gasteiger partial charge in [-0.1, -0.05) is 35.9 Å². The zero-order valence-corrected chi connectivity index (χ0v) is 15.6. The Balaban J connectivity index is 1.66. The Kier molecular flexibility index (Phi) is 4.67. The third-order valence-electron chi connectivity index (χ3n) is 5.17. The van der Waals surface area contributed by atoms with Crippen LogP contribution in [0.1, 0.15) is 40.4 Å². The van der Waals surface area contributed by atoms with Crippen molar-refractivity contribution in [2.45, 2.75) is 25.8 Å². The van der Waals surface area contributed by atoms with Crippen molar-refractivity contribution in [3.05, 3.63) is 71.4 Å². The second-order valence-corrected chi connectivity index (χ2v) is 6.96. The first-order chi connectivity index (χ1) is 13.2. The average Bonchev–Trinajstić information content (AvgIpc) is 3.37. The van der Waals surface area contributed by atoms with Gasteiger partial charge in [0, 0.05) is 12.1 Å². The average molecular weight is 361 g/mol. The van der Waals surface area contributed by atoms with E-state index in [1.807, 2.05) is 48.2 Å². The molecule has 1 N–H and O–H groups in total. The van der Waals surface area contributed by atoms with Crippen molar-refractivity contribution in [3.8, 4) is 17.0 Å². The molecule has 0 unspecified atom stereocenters. The highest BCUT2D eigenvalue weighted by molar-refractivity contribution is 6.00. The first-order valence-electron chi connectivity index (χ1n) is 9.22. The van der Waals surface area contributed by atoms with Gasteiger partial charge >= 0.3 is 0 Å². The van der Waals surface area contributed by atoms with E-state index in [9.17, 15) is 4.79 Å². The van der Waals surface area contributed by atoms with Crippen molar-refractivity contribution in [2.75, 3.05) is 13.7 Å². The third kappa shape index (κ3) is 3.33. The highest BCUT2D eigenvalue weighted by Crippen LogP contribution is 2.35. The van der Waals surface area contributed by atoms with E-state index in [1.165, 1.54) is 0 Å². The molecule has 2 aromatic carbocycles. The number of amides is 1. The predicted octanol–water partition coefficient (Wildman–Crippen LogP) is 4.37. The second-order valence-electron chi connectivity index (χ2n) is 6.96. The number of hydrogen-bond donors (Lipinski definition) is 1. The molecule has 5 nitrogen and oxygen atoms in total. The summed E-state index contributed by atoms with van der Waals surface area (Å²) in [4.78, 5) is 15.3. The van der Waals surface area contributed by atoms with Crippen molar-refractivity contribution in [2.24, 2.45) is 0 Å². The minimum Gasteiger partial charge on any atom is -0.497 e. The van der Waals surface area contributed by atoms with Crippen LogP contribution in [0.25, 0.3) is 11.3 Å². The Morgan fingerprint density at radius 2 is 2.07 bits per heavy atom. The molecule has 0 saturated carbocycles. The number of aryl methyl sites for hydroxylation is 1. The lowest BCUT2D eigenvalue weighted by molar-refractivity contribution is 0.0736. The Bertz CT molecular complexity index is 963. The molecule has 1 atom stereocenters. The van der Waals surface area contributed by atoms with Crippen LogP contribution in [0.3, 0.4) is 0 Å². The maximum absolute atomic E-state index is 13.4. The number of H-pyrrole nitrogens is 1. The van der Waals surface area contributed by atoms with Gasteiger partial charge in [-0.15, -0.1) is 0 Å². The first kappa shape index (κ1) is 17.3. The highest BCUT2D eigenvalue weighted by Gasteiger charge is 2.32. The predicted molar refractivity (Wildman–Crippen MR) is 105 cm³/mol. The van der Waals surface area contributed by atoms with E-state index in [0.29, 0.717) is 5.56 Å². The van der Waals surface area contributed by atoms with E-state index < -0.39 is 0 Å². The molecular formula is C22H23N3O2. The topological polar surface area (TPSA) is 58.2 Å². The van der Waals surface area contributed by atoms with E-state index in [1.54, 1.807) is 13.3 Å². The lowest BCUT2D eigenvalue weighted by Gasteiger charge is -2.25. The fraction of sp³-hybridized carbons (Fsp3) is 0.273. The highest BCUT2D eigenvalue weighted by atomic mass is 16.5. The maximum atomic E-state index is 13.4. The zero-order chi connectivity index (χ0) is 18.8. The molecule has 0 aliphatic carbocycles.